The molecule has 1 amide bonds. The Kier molecular flexibility index (Phi) is 8.69. The van der Waals surface area contributed by atoms with Crippen molar-refractivity contribution < 1.29 is 14.3 Å². The van der Waals surface area contributed by atoms with E-state index in [1.54, 1.807) is 0 Å². The van der Waals surface area contributed by atoms with E-state index in [1.165, 1.54) is 0 Å². The maximum absolute atomic E-state index is 14.3. The van der Waals surface area contributed by atoms with Gasteiger partial charge in [-0.15, -0.1) is 0 Å². The van der Waals surface area contributed by atoms with Gasteiger partial charge in [-0.05, 0) is 48.1 Å². The molecule has 5 heteroatoms. The van der Waals surface area contributed by atoms with Gasteiger partial charge in [0.1, 0.15) is 12.4 Å². The molecular formula is C38H38N2O3. The number of carbonyl (C=O) groups excluding carboxylic acids is 2. The lowest BCUT2D eigenvalue weighted by molar-refractivity contribution is -0.119. The minimum absolute atomic E-state index is 0.0114. The number of Topliss-reactive ketones (excluding diaryl/α,β-unsaturated/α-hetero) is 1. The summed E-state index contributed by atoms with van der Waals surface area (Å²) < 4.78 is 6.44. The molecule has 6 rings (SSSR count). The summed E-state index contributed by atoms with van der Waals surface area (Å²) in [5, 5.41) is 3.64. The number of rotatable bonds is 9. The number of ketones is 1. The van der Waals surface area contributed by atoms with Crippen LogP contribution in [0.15, 0.2) is 120 Å². The number of hydrogen-bond acceptors (Lipinski definition) is 4. The third-order valence-electron chi connectivity index (χ3n) is 8.47. The summed E-state index contributed by atoms with van der Waals surface area (Å²) in [6, 6.07) is 35.5. The van der Waals surface area contributed by atoms with Gasteiger partial charge in [0.05, 0.1) is 17.4 Å². The third kappa shape index (κ3) is 6.12. The predicted molar refractivity (Wildman–Crippen MR) is 172 cm³/mol. The fourth-order valence-corrected chi connectivity index (χ4v) is 6.34. The lowest BCUT2D eigenvalue weighted by Crippen LogP contribution is -2.38. The average Bonchev–Trinajstić information content (AvgIpc) is 3.19. The molecule has 1 heterocycles. The number of amides is 1. The van der Waals surface area contributed by atoms with Crippen LogP contribution in [0.1, 0.15) is 74.1 Å². The highest BCUT2D eigenvalue weighted by Crippen LogP contribution is 2.49. The number of unbranched alkanes of at least 4 members (excludes halogenated alkanes) is 2. The first-order chi connectivity index (χ1) is 21.1. The van der Waals surface area contributed by atoms with E-state index in [1.807, 2.05) is 102 Å². The fourth-order valence-electron chi connectivity index (χ4n) is 6.34. The number of fused-ring (bicyclic) bond motifs is 1. The number of para-hydroxylation sites is 3. The zero-order valence-corrected chi connectivity index (χ0v) is 24.7. The molecule has 0 fully saturated rings. The maximum atomic E-state index is 14.3. The summed E-state index contributed by atoms with van der Waals surface area (Å²) in [5.41, 5.74) is 6.18. The fraction of sp³-hybridized carbons (Fsp3) is 0.263. The van der Waals surface area contributed by atoms with Gasteiger partial charge >= 0.3 is 0 Å². The number of anilines is 2. The van der Waals surface area contributed by atoms with Gasteiger partial charge in [-0.2, -0.15) is 0 Å². The summed E-state index contributed by atoms with van der Waals surface area (Å²) in [5.74, 6) is 0.804. The highest BCUT2D eigenvalue weighted by Gasteiger charge is 2.42. The van der Waals surface area contributed by atoms with Gasteiger partial charge in [-0.1, -0.05) is 111 Å². The van der Waals surface area contributed by atoms with Crippen molar-refractivity contribution >= 4 is 23.1 Å². The third-order valence-corrected chi connectivity index (χ3v) is 8.47. The van der Waals surface area contributed by atoms with Crippen LogP contribution in [0.2, 0.25) is 0 Å². The molecule has 2 atom stereocenters. The van der Waals surface area contributed by atoms with Crippen LogP contribution in [0.25, 0.3) is 0 Å². The van der Waals surface area contributed by atoms with E-state index < -0.39 is 6.04 Å². The van der Waals surface area contributed by atoms with Crippen LogP contribution in [0.5, 0.6) is 5.75 Å². The first-order valence-corrected chi connectivity index (χ1v) is 15.4. The van der Waals surface area contributed by atoms with Crippen molar-refractivity contribution in [3.8, 4) is 5.75 Å². The van der Waals surface area contributed by atoms with Crippen LogP contribution in [0.3, 0.4) is 0 Å². The van der Waals surface area contributed by atoms with Crippen molar-refractivity contribution in [2.75, 3.05) is 10.2 Å². The van der Waals surface area contributed by atoms with Crippen LogP contribution < -0.4 is 15.0 Å². The Hall–Kier alpha value is -4.64. The van der Waals surface area contributed by atoms with Gasteiger partial charge in [-0.25, -0.2) is 0 Å². The standard InChI is InChI=1S/C38H38N2O3/c1-2-3-6-23-36(42)40-33-21-13-12-20-31(33)39-32-24-29(28-17-9-5-10-18-28)25-34(41)37(32)38(40)30-19-11-14-22-35(30)43-26-27-15-7-4-8-16-27/h4-5,7-22,29,38-39H,2-3,6,23-26H2,1H3/t29-,38-/m1/s1. The minimum atomic E-state index is -0.614. The van der Waals surface area contributed by atoms with Gasteiger partial charge in [0.2, 0.25) is 5.91 Å². The Morgan fingerprint density at radius 1 is 0.837 bits per heavy atom. The molecule has 218 valence electrons. The molecule has 4 aromatic carbocycles. The molecular weight excluding hydrogens is 532 g/mol. The number of nitrogens with zero attached hydrogens (tertiary/aromatic N) is 1. The van der Waals surface area contributed by atoms with Crippen LogP contribution >= 0.6 is 0 Å². The van der Waals surface area contributed by atoms with Crippen molar-refractivity contribution in [2.24, 2.45) is 0 Å². The zero-order valence-electron chi connectivity index (χ0n) is 24.7. The number of hydrogen-bond donors (Lipinski definition) is 1. The van der Waals surface area contributed by atoms with E-state index in [4.69, 9.17) is 4.74 Å². The summed E-state index contributed by atoms with van der Waals surface area (Å²) in [7, 11) is 0. The second-order valence-electron chi connectivity index (χ2n) is 11.4. The summed E-state index contributed by atoms with van der Waals surface area (Å²) in [6.45, 7) is 2.53. The molecule has 0 saturated heterocycles. The Morgan fingerprint density at radius 3 is 2.33 bits per heavy atom. The average molecular weight is 571 g/mol. The number of ether oxygens (including phenoxy) is 1. The predicted octanol–water partition coefficient (Wildman–Crippen LogP) is 8.75. The van der Waals surface area contributed by atoms with E-state index in [-0.39, 0.29) is 17.6 Å². The topological polar surface area (TPSA) is 58.6 Å². The maximum Gasteiger partial charge on any atom is 0.227 e. The smallest absolute Gasteiger partial charge is 0.227 e. The number of benzene rings is 4. The molecule has 43 heavy (non-hydrogen) atoms. The van der Waals surface area contributed by atoms with Gasteiger partial charge in [0, 0.05) is 29.7 Å². The van der Waals surface area contributed by atoms with Crippen LogP contribution in [0, 0.1) is 0 Å². The summed E-state index contributed by atoms with van der Waals surface area (Å²) >= 11 is 0. The molecule has 0 aromatic heterocycles. The van der Waals surface area contributed by atoms with Gasteiger partial charge < -0.3 is 10.1 Å². The van der Waals surface area contributed by atoms with Crippen LogP contribution in [-0.2, 0) is 16.2 Å². The summed E-state index contributed by atoms with van der Waals surface area (Å²) in [6.07, 6.45) is 4.29. The Bertz CT molecular complexity index is 1610. The number of allylic oxidation sites excluding steroid dienone is 1. The van der Waals surface area contributed by atoms with E-state index in [0.29, 0.717) is 37.2 Å². The molecule has 0 bridgehead atoms. The molecule has 0 unspecified atom stereocenters. The first kappa shape index (κ1) is 28.5. The second kappa shape index (κ2) is 13.1. The van der Waals surface area contributed by atoms with Crippen molar-refractivity contribution in [1.82, 2.24) is 0 Å². The lowest BCUT2D eigenvalue weighted by Gasteiger charge is -2.36. The number of carbonyl (C=O) groups is 2. The SMILES string of the molecule is CCCCCC(=O)N1c2ccccc2NC2=C(C(=O)C[C@H](c3ccccc3)C2)[C@H]1c1ccccc1OCc1ccccc1. The van der Waals surface area contributed by atoms with Gasteiger partial charge in [-0.3, -0.25) is 14.5 Å². The van der Waals surface area contributed by atoms with E-state index in [2.05, 4.69) is 24.4 Å². The van der Waals surface area contributed by atoms with Gasteiger partial charge in [0.15, 0.2) is 5.78 Å². The molecule has 5 nitrogen and oxygen atoms in total. The van der Waals surface area contributed by atoms with Crippen molar-refractivity contribution in [1.29, 1.82) is 0 Å². The highest BCUT2D eigenvalue weighted by molar-refractivity contribution is 6.06. The quantitative estimate of drug-likeness (QED) is 0.204. The molecule has 0 saturated carbocycles. The molecule has 2 aliphatic rings. The normalized spacial score (nSPS) is 17.9. The highest BCUT2D eigenvalue weighted by atomic mass is 16.5. The lowest BCUT2D eigenvalue weighted by atomic mass is 9.78. The molecule has 0 radical (unpaired) electrons. The van der Waals surface area contributed by atoms with Crippen LogP contribution in [0.4, 0.5) is 11.4 Å². The van der Waals surface area contributed by atoms with Crippen molar-refractivity contribution in [2.45, 2.75) is 64.0 Å². The second-order valence-corrected chi connectivity index (χ2v) is 11.4. The summed E-state index contributed by atoms with van der Waals surface area (Å²) in [4.78, 5) is 30.5. The Balaban J connectivity index is 1.49. The molecule has 4 aromatic rings. The Labute approximate surface area is 254 Å². The van der Waals surface area contributed by atoms with E-state index in [0.717, 1.165) is 53.0 Å². The van der Waals surface area contributed by atoms with Crippen molar-refractivity contribution in [3.05, 3.63) is 137 Å². The molecule has 1 N–H and O–H groups in total. The minimum Gasteiger partial charge on any atom is -0.489 e. The molecule has 0 spiro atoms. The van der Waals surface area contributed by atoms with E-state index >= 15 is 0 Å². The van der Waals surface area contributed by atoms with Gasteiger partial charge in [0.25, 0.3) is 0 Å². The zero-order chi connectivity index (χ0) is 29.6. The number of nitrogens with one attached hydrogen (secondary N) is 1. The van der Waals surface area contributed by atoms with E-state index in [9.17, 15) is 9.59 Å². The largest absolute Gasteiger partial charge is 0.489 e. The molecule has 1 aliphatic carbocycles. The first-order valence-electron chi connectivity index (χ1n) is 15.4. The van der Waals surface area contributed by atoms with Crippen LogP contribution in [-0.4, -0.2) is 11.7 Å². The Morgan fingerprint density at radius 2 is 1.53 bits per heavy atom. The molecule has 1 aliphatic heterocycles. The monoisotopic (exact) mass is 570 g/mol. The van der Waals surface area contributed by atoms with Crippen molar-refractivity contribution in [3.63, 3.8) is 0 Å².